The molecule has 0 amide bonds. The van der Waals surface area contributed by atoms with Crippen molar-refractivity contribution in [3.05, 3.63) is 0 Å². The van der Waals surface area contributed by atoms with E-state index in [0.29, 0.717) is 6.04 Å². The molecule has 0 aromatic heterocycles. The molecule has 2 nitrogen and oxygen atoms in total. The van der Waals surface area contributed by atoms with E-state index in [2.05, 4.69) is 51.9 Å². The smallest absolute Gasteiger partial charge is 0.0251 e. The van der Waals surface area contributed by atoms with E-state index >= 15 is 0 Å². The third kappa shape index (κ3) is 4.73. The van der Waals surface area contributed by atoms with Gasteiger partial charge in [0.25, 0.3) is 0 Å². The molecule has 0 bridgehead atoms. The summed E-state index contributed by atoms with van der Waals surface area (Å²) in [7, 11) is 2.15. The Morgan fingerprint density at radius 2 is 1.75 bits per heavy atom. The Hall–Kier alpha value is -0.0800. The summed E-state index contributed by atoms with van der Waals surface area (Å²) < 4.78 is 0. The molecule has 0 aromatic rings. The van der Waals surface area contributed by atoms with E-state index in [1.54, 1.807) is 0 Å². The van der Waals surface area contributed by atoms with Gasteiger partial charge in [0.1, 0.15) is 0 Å². The SMILES string of the molecule is CCC(CC)CN(CC)C1CC(C(C)C)CCC1NC. The molecule has 2 heteroatoms. The summed E-state index contributed by atoms with van der Waals surface area (Å²) in [6.45, 7) is 14.3. The van der Waals surface area contributed by atoms with Gasteiger partial charge < -0.3 is 5.32 Å². The first-order valence-corrected chi connectivity index (χ1v) is 8.98. The number of nitrogens with zero attached hydrogens (tertiary/aromatic N) is 1. The van der Waals surface area contributed by atoms with Crippen LogP contribution in [0.2, 0.25) is 0 Å². The summed E-state index contributed by atoms with van der Waals surface area (Å²) in [6.07, 6.45) is 6.78. The van der Waals surface area contributed by atoms with E-state index in [-0.39, 0.29) is 0 Å². The van der Waals surface area contributed by atoms with Crippen LogP contribution in [0.3, 0.4) is 0 Å². The van der Waals surface area contributed by atoms with Crippen molar-refractivity contribution in [1.82, 2.24) is 10.2 Å². The maximum atomic E-state index is 3.60. The van der Waals surface area contributed by atoms with Crippen LogP contribution in [0.15, 0.2) is 0 Å². The molecule has 0 radical (unpaired) electrons. The van der Waals surface area contributed by atoms with Crippen molar-refractivity contribution in [2.24, 2.45) is 17.8 Å². The fraction of sp³-hybridized carbons (Fsp3) is 1.00. The number of hydrogen-bond donors (Lipinski definition) is 1. The van der Waals surface area contributed by atoms with Crippen LogP contribution in [0.25, 0.3) is 0 Å². The van der Waals surface area contributed by atoms with Crippen LogP contribution >= 0.6 is 0 Å². The second kappa shape index (κ2) is 9.04. The van der Waals surface area contributed by atoms with Gasteiger partial charge in [-0.1, -0.05) is 47.5 Å². The summed E-state index contributed by atoms with van der Waals surface area (Å²) in [5, 5.41) is 3.60. The lowest BCUT2D eigenvalue weighted by Gasteiger charge is -2.44. The minimum atomic E-state index is 0.694. The first-order chi connectivity index (χ1) is 9.57. The highest BCUT2D eigenvalue weighted by Gasteiger charge is 2.34. The Morgan fingerprint density at radius 3 is 2.20 bits per heavy atom. The molecule has 1 aliphatic rings. The Balaban J connectivity index is 2.73. The van der Waals surface area contributed by atoms with Crippen molar-refractivity contribution in [3.63, 3.8) is 0 Å². The van der Waals surface area contributed by atoms with Crippen molar-refractivity contribution in [3.8, 4) is 0 Å². The van der Waals surface area contributed by atoms with Gasteiger partial charge in [-0.2, -0.15) is 0 Å². The second-order valence-electron chi connectivity index (χ2n) is 7.05. The monoisotopic (exact) mass is 282 g/mol. The Bertz CT molecular complexity index is 248. The van der Waals surface area contributed by atoms with E-state index in [9.17, 15) is 0 Å². The predicted molar refractivity (Wildman–Crippen MR) is 90.1 cm³/mol. The molecular weight excluding hydrogens is 244 g/mol. The van der Waals surface area contributed by atoms with Crippen molar-refractivity contribution < 1.29 is 0 Å². The number of hydrogen-bond acceptors (Lipinski definition) is 2. The van der Waals surface area contributed by atoms with Crippen LogP contribution < -0.4 is 5.32 Å². The van der Waals surface area contributed by atoms with Crippen LogP contribution in [0.5, 0.6) is 0 Å². The summed E-state index contributed by atoms with van der Waals surface area (Å²) in [4.78, 5) is 2.77. The van der Waals surface area contributed by atoms with Crippen molar-refractivity contribution in [1.29, 1.82) is 0 Å². The van der Waals surface area contributed by atoms with E-state index in [1.807, 2.05) is 0 Å². The molecule has 0 heterocycles. The molecule has 1 rings (SSSR count). The maximum absolute atomic E-state index is 3.60. The third-order valence-electron chi connectivity index (χ3n) is 5.69. The van der Waals surface area contributed by atoms with Gasteiger partial charge in [-0.25, -0.2) is 0 Å². The van der Waals surface area contributed by atoms with Gasteiger partial charge in [0.05, 0.1) is 0 Å². The van der Waals surface area contributed by atoms with Crippen LogP contribution in [0.1, 0.15) is 66.7 Å². The van der Waals surface area contributed by atoms with Crippen molar-refractivity contribution in [2.75, 3.05) is 20.1 Å². The zero-order valence-corrected chi connectivity index (χ0v) is 14.8. The average Bonchev–Trinajstić information content (AvgIpc) is 2.48. The van der Waals surface area contributed by atoms with Crippen LogP contribution in [-0.4, -0.2) is 37.1 Å². The molecule has 0 aliphatic heterocycles. The Morgan fingerprint density at radius 1 is 1.10 bits per heavy atom. The minimum Gasteiger partial charge on any atom is -0.315 e. The Kier molecular flexibility index (Phi) is 8.13. The van der Waals surface area contributed by atoms with Gasteiger partial charge in [0.2, 0.25) is 0 Å². The van der Waals surface area contributed by atoms with Crippen LogP contribution in [0, 0.1) is 17.8 Å². The summed E-state index contributed by atoms with van der Waals surface area (Å²) in [5.41, 5.74) is 0. The third-order valence-corrected chi connectivity index (χ3v) is 5.69. The lowest BCUT2D eigenvalue weighted by molar-refractivity contribution is 0.0756. The lowest BCUT2D eigenvalue weighted by Crippen LogP contribution is -2.53. The minimum absolute atomic E-state index is 0.694. The van der Waals surface area contributed by atoms with E-state index < -0.39 is 0 Å². The highest BCUT2D eigenvalue weighted by Crippen LogP contribution is 2.33. The number of rotatable bonds is 8. The molecule has 0 aromatic carbocycles. The Labute approximate surface area is 127 Å². The van der Waals surface area contributed by atoms with Crippen molar-refractivity contribution in [2.45, 2.75) is 78.8 Å². The molecule has 1 N–H and O–H groups in total. The molecule has 1 fully saturated rings. The molecular formula is C18H38N2. The molecule has 1 saturated carbocycles. The van der Waals surface area contributed by atoms with E-state index in [1.165, 1.54) is 45.2 Å². The first kappa shape index (κ1) is 18.0. The topological polar surface area (TPSA) is 15.3 Å². The molecule has 0 spiro atoms. The molecule has 20 heavy (non-hydrogen) atoms. The molecule has 120 valence electrons. The van der Waals surface area contributed by atoms with Gasteiger partial charge in [-0.15, -0.1) is 0 Å². The summed E-state index contributed by atoms with van der Waals surface area (Å²) in [5.74, 6) is 2.62. The van der Waals surface area contributed by atoms with Crippen molar-refractivity contribution >= 4 is 0 Å². The van der Waals surface area contributed by atoms with Gasteiger partial charge in [-0.3, -0.25) is 4.90 Å². The highest BCUT2D eigenvalue weighted by atomic mass is 15.2. The second-order valence-corrected chi connectivity index (χ2v) is 7.05. The molecule has 3 atom stereocenters. The number of nitrogens with one attached hydrogen (secondary N) is 1. The normalized spacial score (nSPS) is 27.8. The van der Waals surface area contributed by atoms with E-state index in [4.69, 9.17) is 0 Å². The molecule has 1 aliphatic carbocycles. The van der Waals surface area contributed by atoms with Gasteiger partial charge >= 0.3 is 0 Å². The molecule has 3 unspecified atom stereocenters. The fourth-order valence-corrected chi connectivity index (χ4v) is 3.90. The van der Waals surface area contributed by atoms with E-state index in [0.717, 1.165) is 23.8 Å². The highest BCUT2D eigenvalue weighted by molar-refractivity contribution is 4.91. The maximum Gasteiger partial charge on any atom is 0.0251 e. The van der Waals surface area contributed by atoms with Gasteiger partial charge in [0.15, 0.2) is 0 Å². The van der Waals surface area contributed by atoms with Crippen LogP contribution in [0.4, 0.5) is 0 Å². The largest absolute Gasteiger partial charge is 0.315 e. The zero-order chi connectivity index (χ0) is 15.1. The van der Waals surface area contributed by atoms with Gasteiger partial charge in [-0.05, 0) is 50.6 Å². The quantitative estimate of drug-likeness (QED) is 0.719. The summed E-state index contributed by atoms with van der Waals surface area (Å²) >= 11 is 0. The average molecular weight is 283 g/mol. The predicted octanol–water partition coefficient (Wildman–Crippen LogP) is 4.16. The lowest BCUT2D eigenvalue weighted by atomic mass is 9.76. The number of likely N-dealkylation sites (N-methyl/N-ethyl adjacent to an activating group) is 2. The summed E-state index contributed by atoms with van der Waals surface area (Å²) in [6, 6.07) is 1.44. The standard InChI is InChI=1S/C18H38N2/c1-7-15(8-2)13-20(9-3)18-12-16(14(4)5)10-11-17(18)19-6/h14-19H,7-13H2,1-6H3. The fourth-order valence-electron chi connectivity index (χ4n) is 3.90. The first-order valence-electron chi connectivity index (χ1n) is 8.98. The van der Waals surface area contributed by atoms with Crippen LogP contribution in [-0.2, 0) is 0 Å². The van der Waals surface area contributed by atoms with Gasteiger partial charge in [0, 0.05) is 18.6 Å². The molecule has 0 saturated heterocycles. The zero-order valence-electron chi connectivity index (χ0n) is 14.8.